The number of hydrogen-bond acceptors (Lipinski definition) is 5. The van der Waals surface area contributed by atoms with Crippen LogP contribution in [0.1, 0.15) is 34.6 Å². The van der Waals surface area contributed by atoms with Gasteiger partial charge in [0.05, 0.1) is 5.72 Å². The summed E-state index contributed by atoms with van der Waals surface area (Å²) in [6.07, 6.45) is 0.793. The molecule has 0 rings (SSSR count). The minimum absolute atomic E-state index is 0.192. The van der Waals surface area contributed by atoms with E-state index in [1.165, 1.54) is 0 Å². The summed E-state index contributed by atoms with van der Waals surface area (Å²) in [5.74, 6) is 0.245. The molecule has 0 saturated carbocycles. The molecule has 2 atom stereocenters. The Labute approximate surface area is 119 Å². The Kier molecular flexibility index (Phi) is 6.65. The number of rotatable bonds is 8. The molecule has 0 aliphatic heterocycles. The number of aliphatic hydroxyl groups excluding tert-OH is 1. The van der Waals surface area contributed by atoms with Gasteiger partial charge in [-0.25, -0.2) is 0 Å². The number of nitrogens with zero attached hydrogens (tertiary/aromatic N) is 1. The van der Waals surface area contributed by atoms with Crippen molar-refractivity contribution in [1.82, 2.24) is 4.90 Å². The maximum absolute atomic E-state index is 9.14. The molecule has 0 aromatic rings. The van der Waals surface area contributed by atoms with Crippen LogP contribution in [0.2, 0.25) is 6.55 Å². The van der Waals surface area contributed by atoms with Crippen molar-refractivity contribution in [2.75, 3.05) is 26.4 Å². The van der Waals surface area contributed by atoms with E-state index in [1.807, 2.05) is 41.7 Å². The molecule has 0 spiro atoms. The molecule has 0 bridgehead atoms. The molecule has 19 heavy (non-hydrogen) atoms. The lowest BCUT2D eigenvalue weighted by molar-refractivity contribution is 0.0892. The first-order chi connectivity index (χ1) is 8.31. The summed E-state index contributed by atoms with van der Waals surface area (Å²) in [6, 6.07) is 0. The van der Waals surface area contributed by atoms with Crippen molar-refractivity contribution in [2.45, 2.75) is 52.1 Å². The number of aliphatic hydroxyl groups is 1. The van der Waals surface area contributed by atoms with Crippen molar-refractivity contribution >= 4 is 8.32 Å². The van der Waals surface area contributed by atoms with Gasteiger partial charge >= 0.3 is 0 Å². The molecule has 0 aliphatic rings. The van der Waals surface area contributed by atoms with Gasteiger partial charge in [-0.1, -0.05) is 6.92 Å². The van der Waals surface area contributed by atoms with Gasteiger partial charge in [-0.2, -0.15) is 0 Å². The normalized spacial score (nSPS) is 18.5. The van der Waals surface area contributed by atoms with Crippen LogP contribution in [0.3, 0.4) is 0 Å². The van der Waals surface area contributed by atoms with E-state index in [1.54, 1.807) is 0 Å². The van der Waals surface area contributed by atoms with E-state index in [2.05, 4.69) is 11.4 Å². The maximum atomic E-state index is 9.14. The van der Waals surface area contributed by atoms with Crippen molar-refractivity contribution in [3.8, 4) is 0 Å². The van der Waals surface area contributed by atoms with Gasteiger partial charge in [-0.15, -0.1) is 0 Å². The molecular formula is C13H33N3O2Si. The van der Waals surface area contributed by atoms with Crippen molar-refractivity contribution in [3.63, 3.8) is 0 Å². The summed E-state index contributed by atoms with van der Waals surface area (Å²) >= 11 is 0. The third kappa shape index (κ3) is 6.83. The van der Waals surface area contributed by atoms with Crippen LogP contribution in [0.25, 0.3) is 0 Å². The molecule has 2 unspecified atom stereocenters. The third-order valence-corrected chi connectivity index (χ3v) is 8.20. The first-order valence-corrected chi connectivity index (χ1v) is 9.49. The van der Waals surface area contributed by atoms with Crippen LogP contribution in [0.5, 0.6) is 0 Å². The summed E-state index contributed by atoms with van der Waals surface area (Å²) < 4.78 is 6.16. The monoisotopic (exact) mass is 291 g/mol. The van der Waals surface area contributed by atoms with Gasteiger partial charge in [0.2, 0.25) is 8.32 Å². The number of hydrogen-bond donors (Lipinski definition) is 3. The molecule has 0 heterocycles. The second kappa shape index (κ2) is 6.65. The minimum Gasteiger partial charge on any atom is -0.397 e. The van der Waals surface area contributed by atoms with Crippen molar-refractivity contribution in [3.05, 3.63) is 0 Å². The molecule has 116 valence electrons. The minimum atomic E-state index is -2.23. The van der Waals surface area contributed by atoms with E-state index >= 15 is 0 Å². The summed E-state index contributed by atoms with van der Waals surface area (Å²) in [5, 5.41) is 8.75. The first-order valence-electron chi connectivity index (χ1n) is 6.88. The fourth-order valence-corrected chi connectivity index (χ4v) is 5.17. The van der Waals surface area contributed by atoms with Crippen molar-refractivity contribution in [2.24, 2.45) is 17.4 Å². The maximum Gasteiger partial charge on any atom is 0.224 e. The molecule has 0 amide bonds. The Morgan fingerprint density at radius 1 is 1.26 bits per heavy atom. The summed E-state index contributed by atoms with van der Waals surface area (Å²) in [6.45, 7) is 12.9. The lowest BCUT2D eigenvalue weighted by Crippen LogP contribution is -2.69. The molecule has 0 fully saturated rings. The van der Waals surface area contributed by atoms with E-state index in [-0.39, 0.29) is 17.7 Å². The molecule has 0 saturated heterocycles. The third-order valence-electron chi connectivity index (χ3n) is 3.36. The quantitative estimate of drug-likeness (QED) is 0.452. The van der Waals surface area contributed by atoms with Gasteiger partial charge in [0.15, 0.2) is 0 Å². The van der Waals surface area contributed by atoms with Gasteiger partial charge in [0.25, 0.3) is 0 Å². The zero-order valence-corrected chi connectivity index (χ0v) is 14.7. The van der Waals surface area contributed by atoms with Crippen LogP contribution in [0, 0.1) is 5.92 Å². The van der Waals surface area contributed by atoms with Crippen LogP contribution >= 0.6 is 0 Å². The van der Waals surface area contributed by atoms with Crippen LogP contribution in [0.15, 0.2) is 0 Å². The standard InChI is InChI=1S/C13H33N3O2Si/c1-11(9-17)8-16(6)10-19(7,13(4,5)15)18-12(2,3)14/h11,17H,8-10,14-15H2,1-7H3. The van der Waals surface area contributed by atoms with Crippen LogP contribution in [0.4, 0.5) is 0 Å². The molecule has 0 aromatic heterocycles. The fourth-order valence-electron chi connectivity index (χ4n) is 2.12. The van der Waals surface area contributed by atoms with Crippen molar-refractivity contribution < 1.29 is 9.53 Å². The summed E-state index contributed by atoms with van der Waals surface area (Å²) in [5.41, 5.74) is 11.7. The van der Waals surface area contributed by atoms with Gasteiger partial charge in [0, 0.05) is 24.5 Å². The van der Waals surface area contributed by atoms with Gasteiger partial charge in [0.1, 0.15) is 0 Å². The molecule has 0 aliphatic carbocycles. The van der Waals surface area contributed by atoms with E-state index in [9.17, 15) is 0 Å². The highest BCUT2D eigenvalue weighted by molar-refractivity contribution is 6.75. The Bertz CT molecular complexity index is 276. The van der Waals surface area contributed by atoms with Crippen LogP contribution in [-0.2, 0) is 4.43 Å². The smallest absolute Gasteiger partial charge is 0.224 e. The average Bonchev–Trinajstić information content (AvgIpc) is 2.11. The molecular weight excluding hydrogens is 258 g/mol. The van der Waals surface area contributed by atoms with E-state index < -0.39 is 14.0 Å². The SMILES string of the molecule is CC(CO)CN(C)C[Si](C)(OC(C)(C)N)C(C)(C)N. The van der Waals surface area contributed by atoms with Crippen LogP contribution in [-0.4, -0.2) is 55.6 Å². The molecule has 0 aromatic carbocycles. The first kappa shape index (κ1) is 19.0. The zero-order chi connectivity index (χ0) is 15.5. The van der Waals surface area contributed by atoms with Crippen molar-refractivity contribution in [1.29, 1.82) is 0 Å². The highest BCUT2D eigenvalue weighted by Gasteiger charge is 2.46. The Morgan fingerprint density at radius 3 is 2.05 bits per heavy atom. The average molecular weight is 292 g/mol. The summed E-state index contributed by atoms with van der Waals surface area (Å²) in [7, 11) is -0.194. The van der Waals surface area contributed by atoms with Crippen LogP contribution < -0.4 is 11.5 Å². The second-order valence-corrected chi connectivity index (χ2v) is 11.4. The molecule has 5 N–H and O–H groups in total. The Morgan fingerprint density at radius 2 is 1.74 bits per heavy atom. The zero-order valence-electron chi connectivity index (χ0n) is 13.7. The number of nitrogens with two attached hydrogens (primary N) is 2. The lowest BCUT2D eigenvalue weighted by Gasteiger charge is -2.45. The highest BCUT2D eigenvalue weighted by Crippen LogP contribution is 2.24. The second-order valence-electron chi connectivity index (χ2n) is 7.14. The van der Waals surface area contributed by atoms with E-state index in [0.717, 1.165) is 12.7 Å². The fraction of sp³-hybridized carbons (Fsp3) is 1.00. The topological polar surface area (TPSA) is 84.7 Å². The molecule has 6 heteroatoms. The lowest BCUT2D eigenvalue weighted by atomic mass is 10.2. The predicted octanol–water partition coefficient (Wildman–Crippen LogP) is 0.649. The van der Waals surface area contributed by atoms with Gasteiger partial charge in [-0.3, -0.25) is 0 Å². The largest absolute Gasteiger partial charge is 0.397 e. The van der Waals surface area contributed by atoms with Gasteiger partial charge < -0.3 is 25.9 Å². The predicted molar refractivity (Wildman–Crippen MR) is 83.0 cm³/mol. The van der Waals surface area contributed by atoms with E-state index in [4.69, 9.17) is 21.0 Å². The summed E-state index contributed by atoms with van der Waals surface area (Å²) in [4.78, 5) is 2.19. The van der Waals surface area contributed by atoms with Gasteiger partial charge in [-0.05, 0) is 47.2 Å². The Balaban J connectivity index is 4.88. The Hall–Kier alpha value is 0.0169. The molecule has 0 radical (unpaired) electrons. The highest BCUT2D eigenvalue weighted by atomic mass is 28.4. The van der Waals surface area contributed by atoms with E-state index in [0.29, 0.717) is 0 Å². The molecule has 5 nitrogen and oxygen atoms in total.